The maximum atomic E-state index is 12.1. The standard InChI is InChI=1S/C17H24N2O2/c1-2-4-13-5-3-6-15(11-13)18-17(20)21-16-12-19-9-7-14(16)8-10-19/h3,5-6,11,14,16H,2,4,7-10,12H2,1H3,(H,18,20)/t16-/m0/s1. The predicted octanol–water partition coefficient (Wildman–Crippen LogP) is 3.28. The highest BCUT2D eigenvalue weighted by Gasteiger charge is 2.36. The van der Waals surface area contributed by atoms with E-state index >= 15 is 0 Å². The number of ether oxygens (including phenoxy) is 1. The molecule has 1 aromatic rings. The molecule has 4 heteroatoms. The van der Waals surface area contributed by atoms with E-state index in [1.54, 1.807) is 0 Å². The molecule has 0 spiro atoms. The number of aryl methyl sites for hydroxylation is 1. The van der Waals surface area contributed by atoms with Crippen LogP contribution < -0.4 is 5.32 Å². The van der Waals surface area contributed by atoms with Crippen LogP contribution in [0.25, 0.3) is 0 Å². The van der Waals surface area contributed by atoms with E-state index < -0.39 is 0 Å². The maximum Gasteiger partial charge on any atom is 0.411 e. The summed E-state index contributed by atoms with van der Waals surface area (Å²) in [6.45, 7) is 5.37. The zero-order valence-electron chi connectivity index (χ0n) is 12.7. The van der Waals surface area contributed by atoms with Gasteiger partial charge in [-0.2, -0.15) is 0 Å². The van der Waals surface area contributed by atoms with E-state index in [4.69, 9.17) is 4.74 Å². The molecule has 21 heavy (non-hydrogen) atoms. The summed E-state index contributed by atoms with van der Waals surface area (Å²) in [6, 6.07) is 8.01. The Bertz CT molecular complexity index is 495. The molecule has 1 amide bonds. The predicted molar refractivity (Wildman–Crippen MR) is 83.5 cm³/mol. The van der Waals surface area contributed by atoms with E-state index in [1.165, 1.54) is 5.56 Å². The number of anilines is 1. The highest BCUT2D eigenvalue weighted by atomic mass is 16.6. The van der Waals surface area contributed by atoms with Gasteiger partial charge < -0.3 is 4.74 Å². The molecule has 0 radical (unpaired) electrons. The zero-order chi connectivity index (χ0) is 14.7. The summed E-state index contributed by atoms with van der Waals surface area (Å²) in [5.41, 5.74) is 2.07. The molecule has 3 fully saturated rings. The lowest BCUT2D eigenvalue weighted by Gasteiger charge is -2.43. The van der Waals surface area contributed by atoms with Gasteiger partial charge in [0.15, 0.2) is 0 Å². The Balaban J connectivity index is 1.55. The summed E-state index contributed by atoms with van der Waals surface area (Å²) >= 11 is 0. The topological polar surface area (TPSA) is 41.6 Å². The summed E-state index contributed by atoms with van der Waals surface area (Å²) in [6.07, 6.45) is 4.19. The van der Waals surface area contributed by atoms with Crippen LogP contribution in [0.2, 0.25) is 0 Å². The van der Waals surface area contributed by atoms with E-state index in [1.807, 2.05) is 18.2 Å². The smallest absolute Gasteiger partial charge is 0.411 e. The minimum absolute atomic E-state index is 0.0614. The Morgan fingerprint density at radius 2 is 2.19 bits per heavy atom. The van der Waals surface area contributed by atoms with Crippen molar-refractivity contribution in [2.45, 2.75) is 38.7 Å². The van der Waals surface area contributed by atoms with Crippen molar-refractivity contribution in [2.24, 2.45) is 5.92 Å². The summed E-state index contributed by atoms with van der Waals surface area (Å²) in [7, 11) is 0. The Kier molecular flexibility index (Phi) is 4.44. The van der Waals surface area contributed by atoms with Gasteiger partial charge in [0.25, 0.3) is 0 Å². The molecule has 1 aromatic carbocycles. The van der Waals surface area contributed by atoms with E-state index in [0.717, 1.165) is 51.0 Å². The third-order valence-electron chi connectivity index (χ3n) is 4.57. The molecule has 2 bridgehead atoms. The van der Waals surface area contributed by atoms with Crippen LogP contribution in [-0.4, -0.2) is 36.7 Å². The first-order valence-corrected chi connectivity index (χ1v) is 8.03. The highest BCUT2D eigenvalue weighted by molar-refractivity contribution is 5.84. The van der Waals surface area contributed by atoms with E-state index in [9.17, 15) is 4.79 Å². The Morgan fingerprint density at radius 1 is 1.38 bits per heavy atom. The van der Waals surface area contributed by atoms with Gasteiger partial charge in [-0.3, -0.25) is 10.2 Å². The number of piperidine rings is 3. The molecule has 4 rings (SSSR count). The monoisotopic (exact) mass is 288 g/mol. The van der Waals surface area contributed by atoms with E-state index in [0.29, 0.717) is 5.92 Å². The van der Waals surface area contributed by atoms with Gasteiger partial charge in [-0.25, -0.2) is 4.79 Å². The van der Waals surface area contributed by atoms with Crippen molar-refractivity contribution >= 4 is 11.8 Å². The number of nitrogens with zero attached hydrogens (tertiary/aromatic N) is 1. The van der Waals surface area contributed by atoms with Crippen LogP contribution in [0.4, 0.5) is 10.5 Å². The molecule has 3 heterocycles. The summed E-state index contributed by atoms with van der Waals surface area (Å²) in [5, 5.41) is 2.87. The largest absolute Gasteiger partial charge is 0.444 e. The van der Waals surface area contributed by atoms with E-state index in [-0.39, 0.29) is 12.2 Å². The summed E-state index contributed by atoms with van der Waals surface area (Å²) in [5.74, 6) is 0.548. The number of hydrogen-bond acceptors (Lipinski definition) is 3. The van der Waals surface area contributed by atoms with Crippen LogP contribution >= 0.6 is 0 Å². The summed E-state index contributed by atoms with van der Waals surface area (Å²) < 4.78 is 5.64. The second-order valence-corrected chi connectivity index (χ2v) is 6.16. The number of carbonyl (C=O) groups excluding carboxylic acids is 1. The third kappa shape index (κ3) is 3.56. The number of benzene rings is 1. The van der Waals surface area contributed by atoms with Gasteiger partial charge in [-0.15, -0.1) is 0 Å². The van der Waals surface area contributed by atoms with Crippen LogP contribution in [-0.2, 0) is 11.2 Å². The van der Waals surface area contributed by atoms with Crippen molar-refractivity contribution in [1.29, 1.82) is 0 Å². The lowest BCUT2D eigenvalue weighted by molar-refractivity contribution is -0.0289. The first-order valence-electron chi connectivity index (χ1n) is 8.03. The van der Waals surface area contributed by atoms with Gasteiger partial charge >= 0.3 is 6.09 Å². The van der Waals surface area contributed by atoms with E-state index in [2.05, 4.69) is 23.2 Å². The second-order valence-electron chi connectivity index (χ2n) is 6.16. The molecule has 0 aromatic heterocycles. The molecule has 0 unspecified atom stereocenters. The molecule has 0 saturated carbocycles. The molecule has 3 aliphatic heterocycles. The van der Waals surface area contributed by atoms with Crippen molar-refractivity contribution in [1.82, 2.24) is 4.90 Å². The average molecular weight is 288 g/mol. The van der Waals surface area contributed by atoms with Gasteiger partial charge in [-0.1, -0.05) is 25.5 Å². The van der Waals surface area contributed by atoms with Crippen molar-refractivity contribution in [2.75, 3.05) is 25.0 Å². The second kappa shape index (κ2) is 6.48. The van der Waals surface area contributed by atoms with Crippen molar-refractivity contribution in [3.63, 3.8) is 0 Å². The fraction of sp³-hybridized carbons (Fsp3) is 0.588. The molecule has 1 atom stereocenters. The number of fused-ring (bicyclic) bond motifs is 3. The van der Waals surface area contributed by atoms with Gasteiger partial charge in [0.2, 0.25) is 0 Å². The Labute approximate surface area is 126 Å². The molecular weight excluding hydrogens is 264 g/mol. The number of rotatable bonds is 4. The lowest BCUT2D eigenvalue weighted by atomic mass is 9.86. The first-order chi connectivity index (χ1) is 10.2. The SMILES string of the molecule is CCCc1cccc(NC(=O)O[C@H]2CN3CCC2CC3)c1. The third-order valence-corrected chi connectivity index (χ3v) is 4.57. The average Bonchev–Trinajstić information content (AvgIpc) is 2.49. The van der Waals surface area contributed by atoms with Crippen LogP contribution in [0.5, 0.6) is 0 Å². The minimum Gasteiger partial charge on any atom is -0.444 e. The van der Waals surface area contributed by atoms with Gasteiger partial charge in [-0.05, 0) is 56.0 Å². The van der Waals surface area contributed by atoms with Gasteiger partial charge in [0, 0.05) is 12.2 Å². The van der Waals surface area contributed by atoms with Gasteiger partial charge in [0.1, 0.15) is 6.10 Å². The molecular formula is C17H24N2O2. The summed E-state index contributed by atoms with van der Waals surface area (Å²) in [4.78, 5) is 14.5. The quantitative estimate of drug-likeness (QED) is 0.924. The van der Waals surface area contributed by atoms with Crippen LogP contribution in [0, 0.1) is 5.92 Å². The zero-order valence-corrected chi connectivity index (χ0v) is 12.7. The van der Waals surface area contributed by atoms with Gasteiger partial charge in [0.05, 0.1) is 0 Å². The minimum atomic E-state index is -0.317. The molecule has 1 N–H and O–H groups in total. The Hall–Kier alpha value is -1.55. The van der Waals surface area contributed by atoms with Crippen LogP contribution in [0.1, 0.15) is 31.7 Å². The van der Waals surface area contributed by atoms with Crippen molar-refractivity contribution in [3.05, 3.63) is 29.8 Å². The fourth-order valence-corrected chi connectivity index (χ4v) is 3.42. The molecule has 114 valence electrons. The Morgan fingerprint density at radius 3 is 2.86 bits per heavy atom. The van der Waals surface area contributed by atoms with Crippen molar-refractivity contribution in [3.8, 4) is 0 Å². The number of carbonyl (C=O) groups is 1. The molecule has 3 aliphatic rings. The lowest BCUT2D eigenvalue weighted by Crippen LogP contribution is -2.52. The molecule has 3 saturated heterocycles. The number of nitrogens with one attached hydrogen (secondary N) is 1. The first kappa shape index (κ1) is 14.4. The number of amides is 1. The fourth-order valence-electron chi connectivity index (χ4n) is 3.42. The van der Waals surface area contributed by atoms with Crippen molar-refractivity contribution < 1.29 is 9.53 Å². The van der Waals surface area contributed by atoms with Crippen LogP contribution in [0.3, 0.4) is 0 Å². The highest BCUT2D eigenvalue weighted by Crippen LogP contribution is 2.29. The maximum absolute atomic E-state index is 12.1. The number of hydrogen-bond donors (Lipinski definition) is 1. The normalized spacial score (nSPS) is 27.4. The van der Waals surface area contributed by atoms with Crippen LogP contribution in [0.15, 0.2) is 24.3 Å². The molecule has 0 aliphatic carbocycles. The molecule has 4 nitrogen and oxygen atoms in total.